The maximum absolute atomic E-state index is 13.0. The highest BCUT2D eigenvalue weighted by atomic mass is 19.1. The summed E-state index contributed by atoms with van der Waals surface area (Å²) >= 11 is 0. The predicted octanol–water partition coefficient (Wildman–Crippen LogP) is 4.02. The number of rotatable bonds is 3. The second-order valence-electron chi connectivity index (χ2n) is 5.74. The van der Waals surface area contributed by atoms with Gasteiger partial charge in [-0.25, -0.2) is 9.37 Å². The van der Waals surface area contributed by atoms with E-state index in [-0.39, 0.29) is 5.82 Å². The van der Waals surface area contributed by atoms with Crippen molar-refractivity contribution in [3.05, 3.63) is 54.0 Å². The first-order valence-corrected chi connectivity index (χ1v) is 8.14. The molecule has 1 aromatic carbocycles. The Morgan fingerprint density at radius 1 is 1.08 bits per heavy atom. The van der Waals surface area contributed by atoms with Crippen LogP contribution in [0, 0.1) is 5.82 Å². The molecule has 1 saturated heterocycles. The summed E-state index contributed by atoms with van der Waals surface area (Å²) in [5.74, 6) is 0.943. The Morgan fingerprint density at radius 3 is 2.46 bits per heavy atom. The highest BCUT2D eigenvalue weighted by Crippen LogP contribution is 2.25. The van der Waals surface area contributed by atoms with E-state index in [9.17, 15) is 9.60 Å². The first-order chi connectivity index (χ1) is 11.8. The molecular formula is C18H20FN3O2. The molecule has 0 aliphatic carbocycles. The number of oxime groups is 1. The van der Waals surface area contributed by atoms with Crippen LogP contribution in [0.2, 0.25) is 0 Å². The van der Waals surface area contributed by atoms with Gasteiger partial charge in [0.05, 0.1) is 5.56 Å². The normalized spacial score (nSPS) is 15.9. The third kappa shape index (κ3) is 3.82. The van der Waals surface area contributed by atoms with Crippen molar-refractivity contribution in [3.63, 3.8) is 0 Å². The van der Waals surface area contributed by atoms with Crippen molar-refractivity contribution in [1.29, 1.82) is 0 Å². The fourth-order valence-electron chi connectivity index (χ4n) is 2.83. The number of likely N-dealkylation sites (tertiary alicyclic amines) is 1. The minimum Gasteiger partial charge on any atom is -0.438 e. The molecule has 24 heavy (non-hydrogen) atoms. The third-order valence-corrected chi connectivity index (χ3v) is 4.04. The molecule has 0 amide bonds. The molecule has 2 heterocycles. The topological polar surface area (TPSA) is 58.0 Å². The second kappa shape index (κ2) is 7.77. The number of hydrogen-bond donors (Lipinski definition) is 1. The SMILES string of the molecule is O/N=C(/c1cccnc1Oc1ccc(F)cc1)N1CCCCCC1. The lowest BCUT2D eigenvalue weighted by atomic mass is 10.2. The van der Waals surface area contributed by atoms with Gasteiger partial charge in [0.25, 0.3) is 0 Å². The summed E-state index contributed by atoms with van der Waals surface area (Å²) in [5.41, 5.74) is 0.617. The molecule has 0 unspecified atom stereocenters. The molecule has 0 saturated carbocycles. The van der Waals surface area contributed by atoms with E-state index in [1.807, 2.05) is 6.07 Å². The van der Waals surface area contributed by atoms with Crippen LogP contribution in [-0.2, 0) is 0 Å². The molecule has 1 aliphatic heterocycles. The highest BCUT2D eigenvalue weighted by molar-refractivity contribution is 6.00. The summed E-state index contributed by atoms with van der Waals surface area (Å²) in [6.07, 6.45) is 6.10. The predicted molar refractivity (Wildman–Crippen MR) is 89.1 cm³/mol. The smallest absolute Gasteiger partial charge is 0.230 e. The van der Waals surface area contributed by atoms with Crippen LogP contribution in [0.5, 0.6) is 11.6 Å². The van der Waals surface area contributed by atoms with Crippen LogP contribution in [0.25, 0.3) is 0 Å². The molecule has 126 valence electrons. The molecule has 1 aromatic heterocycles. The van der Waals surface area contributed by atoms with Gasteiger partial charge in [-0.2, -0.15) is 0 Å². The minimum atomic E-state index is -0.328. The first kappa shape index (κ1) is 16.2. The molecule has 0 radical (unpaired) electrons. The van der Waals surface area contributed by atoms with Gasteiger partial charge in [-0.15, -0.1) is 0 Å². The minimum absolute atomic E-state index is 0.328. The van der Waals surface area contributed by atoms with Gasteiger partial charge in [-0.05, 0) is 49.2 Å². The maximum atomic E-state index is 13.0. The molecule has 6 heteroatoms. The van der Waals surface area contributed by atoms with Crippen LogP contribution >= 0.6 is 0 Å². The quantitative estimate of drug-likeness (QED) is 0.400. The Kier molecular flexibility index (Phi) is 5.25. The zero-order valence-electron chi connectivity index (χ0n) is 13.4. The van der Waals surface area contributed by atoms with Gasteiger partial charge < -0.3 is 14.8 Å². The summed E-state index contributed by atoms with van der Waals surface area (Å²) in [5, 5.41) is 13.1. The largest absolute Gasteiger partial charge is 0.438 e. The van der Waals surface area contributed by atoms with Crippen molar-refractivity contribution >= 4 is 5.84 Å². The number of pyridine rings is 1. The number of nitrogens with zero attached hydrogens (tertiary/aromatic N) is 3. The van der Waals surface area contributed by atoms with E-state index in [2.05, 4.69) is 15.0 Å². The maximum Gasteiger partial charge on any atom is 0.230 e. The lowest BCUT2D eigenvalue weighted by molar-refractivity contribution is 0.301. The zero-order chi connectivity index (χ0) is 16.8. The van der Waals surface area contributed by atoms with E-state index in [4.69, 9.17) is 4.74 Å². The fourth-order valence-corrected chi connectivity index (χ4v) is 2.83. The molecule has 2 aromatic rings. The number of benzene rings is 1. The van der Waals surface area contributed by atoms with Crippen molar-refractivity contribution in [2.45, 2.75) is 25.7 Å². The zero-order valence-corrected chi connectivity index (χ0v) is 13.4. The number of amidine groups is 1. The molecule has 1 N–H and O–H groups in total. The standard InChI is InChI=1S/C18H20FN3O2/c19-14-7-9-15(10-8-14)24-18-16(6-5-11-20-18)17(21-23)22-12-3-1-2-4-13-22/h5-11,23H,1-4,12-13H2/b21-17-. The summed E-state index contributed by atoms with van der Waals surface area (Å²) in [6, 6.07) is 9.31. The van der Waals surface area contributed by atoms with Gasteiger partial charge in [0.1, 0.15) is 11.6 Å². The van der Waals surface area contributed by atoms with Crippen LogP contribution in [0.3, 0.4) is 0 Å². The van der Waals surface area contributed by atoms with E-state index < -0.39 is 0 Å². The second-order valence-corrected chi connectivity index (χ2v) is 5.74. The van der Waals surface area contributed by atoms with Crippen molar-refractivity contribution in [1.82, 2.24) is 9.88 Å². The monoisotopic (exact) mass is 329 g/mol. The highest BCUT2D eigenvalue weighted by Gasteiger charge is 2.20. The lowest BCUT2D eigenvalue weighted by Gasteiger charge is -2.24. The van der Waals surface area contributed by atoms with Gasteiger partial charge in [0, 0.05) is 19.3 Å². The van der Waals surface area contributed by atoms with Gasteiger partial charge >= 0.3 is 0 Å². The number of ether oxygens (including phenoxy) is 1. The molecule has 3 rings (SSSR count). The fraction of sp³-hybridized carbons (Fsp3) is 0.333. The Labute approximate surface area is 140 Å². The average molecular weight is 329 g/mol. The van der Waals surface area contributed by atoms with Gasteiger partial charge in [0.15, 0.2) is 5.84 Å². The molecule has 1 fully saturated rings. The lowest BCUT2D eigenvalue weighted by Crippen LogP contribution is -2.33. The van der Waals surface area contributed by atoms with Gasteiger partial charge in [-0.1, -0.05) is 18.0 Å². The van der Waals surface area contributed by atoms with Gasteiger partial charge in [0.2, 0.25) is 5.88 Å². The van der Waals surface area contributed by atoms with Crippen molar-refractivity contribution in [3.8, 4) is 11.6 Å². The number of aromatic nitrogens is 1. The van der Waals surface area contributed by atoms with E-state index in [0.717, 1.165) is 25.9 Å². The van der Waals surface area contributed by atoms with Crippen LogP contribution in [-0.4, -0.2) is 34.0 Å². The summed E-state index contributed by atoms with van der Waals surface area (Å²) in [6.45, 7) is 1.68. The van der Waals surface area contributed by atoms with E-state index in [0.29, 0.717) is 23.0 Å². The van der Waals surface area contributed by atoms with Crippen LogP contribution in [0.15, 0.2) is 47.8 Å². The first-order valence-electron chi connectivity index (χ1n) is 8.14. The number of hydrogen-bond acceptors (Lipinski definition) is 4. The van der Waals surface area contributed by atoms with Crippen LogP contribution < -0.4 is 4.74 Å². The van der Waals surface area contributed by atoms with Crippen molar-refractivity contribution in [2.75, 3.05) is 13.1 Å². The molecular weight excluding hydrogens is 309 g/mol. The summed E-state index contributed by atoms with van der Waals surface area (Å²) in [4.78, 5) is 6.31. The third-order valence-electron chi connectivity index (χ3n) is 4.04. The van der Waals surface area contributed by atoms with Crippen molar-refractivity contribution in [2.24, 2.45) is 5.16 Å². The Bertz CT molecular complexity index is 696. The molecule has 0 atom stereocenters. The number of halogens is 1. The Hall–Kier alpha value is -2.63. The van der Waals surface area contributed by atoms with Gasteiger partial charge in [-0.3, -0.25) is 0 Å². The molecule has 0 spiro atoms. The van der Waals surface area contributed by atoms with E-state index >= 15 is 0 Å². The Morgan fingerprint density at radius 2 is 1.79 bits per heavy atom. The molecule has 1 aliphatic rings. The summed E-state index contributed by atoms with van der Waals surface area (Å²) in [7, 11) is 0. The van der Waals surface area contributed by atoms with E-state index in [1.165, 1.54) is 37.1 Å². The average Bonchev–Trinajstić information content (AvgIpc) is 2.88. The summed E-state index contributed by atoms with van der Waals surface area (Å²) < 4.78 is 18.8. The van der Waals surface area contributed by atoms with E-state index in [1.54, 1.807) is 12.3 Å². The van der Waals surface area contributed by atoms with Crippen LogP contribution in [0.4, 0.5) is 4.39 Å². The molecule has 5 nitrogen and oxygen atoms in total. The molecule has 0 bridgehead atoms. The Balaban J connectivity index is 1.88. The van der Waals surface area contributed by atoms with Crippen molar-refractivity contribution < 1.29 is 14.3 Å². The van der Waals surface area contributed by atoms with Crippen LogP contribution in [0.1, 0.15) is 31.2 Å².